The van der Waals surface area contributed by atoms with Crippen LogP contribution in [0, 0.1) is 20.8 Å². The van der Waals surface area contributed by atoms with Gasteiger partial charge >= 0.3 is 0 Å². The Balaban J connectivity index is 1.76. The second kappa shape index (κ2) is 10.3. The number of aliphatic hydroxyl groups excluding tert-OH is 1. The van der Waals surface area contributed by atoms with Crippen molar-refractivity contribution >= 4 is 17.4 Å². The van der Waals surface area contributed by atoms with E-state index in [-0.39, 0.29) is 11.3 Å². The Labute approximate surface area is 211 Å². The molecule has 1 N–H and O–H groups in total. The lowest BCUT2D eigenvalue weighted by molar-refractivity contribution is -0.139. The molecule has 1 aliphatic heterocycles. The summed E-state index contributed by atoms with van der Waals surface area (Å²) in [6, 6.07) is 18.1. The number of rotatable bonds is 7. The fourth-order valence-electron chi connectivity index (χ4n) is 4.63. The Kier molecular flexibility index (Phi) is 7.15. The Morgan fingerprint density at radius 1 is 0.889 bits per heavy atom. The number of methoxy groups -OCH3 is 2. The van der Waals surface area contributed by atoms with Gasteiger partial charge in [-0.1, -0.05) is 48.0 Å². The van der Waals surface area contributed by atoms with Gasteiger partial charge in [-0.3, -0.25) is 9.59 Å². The molecular formula is C30H31NO5. The number of aliphatic hydroxyl groups is 1. The van der Waals surface area contributed by atoms with E-state index < -0.39 is 17.7 Å². The predicted octanol–water partition coefficient (Wildman–Crippen LogP) is 5.29. The normalized spacial score (nSPS) is 16.9. The summed E-state index contributed by atoms with van der Waals surface area (Å²) >= 11 is 0. The molecule has 0 spiro atoms. The molecule has 36 heavy (non-hydrogen) atoms. The first-order valence-corrected chi connectivity index (χ1v) is 11.9. The lowest BCUT2D eigenvalue weighted by atomic mass is 9.93. The van der Waals surface area contributed by atoms with Crippen LogP contribution in [0.2, 0.25) is 0 Å². The molecule has 3 aromatic rings. The number of ketones is 1. The minimum absolute atomic E-state index is 0.112. The monoisotopic (exact) mass is 485 g/mol. The molecule has 1 atom stereocenters. The molecule has 1 amide bonds. The highest BCUT2D eigenvalue weighted by molar-refractivity contribution is 6.46. The summed E-state index contributed by atoms with van der Waals surface area (Å²) in [5, 5.41) is 11.3. The van der Waals surface area contributed by atoms with Gasteiger partial charge in [0.2, 0.25) is 0 Å². The fraction of sp³-hybridized carbons (Fsp3) is 0.267. The molecule has 186 valence electrons. The zero-order chi connectivity index (χ0) is 26.0. The van der Waals surface area contributed by atoms with Crippen molar-refractivity contribution < 1.29 is 24.2 Å². The fourth-order valence-corrected chi connectivity index (χ4v) is 4.63. The molecule has 0 radical (unpaired) electrons. The van der Waals surface area contributed by atoms with Crippen LogP contribution in [0.1, 0.15) is 39.4 Å². The summed E-state index contributed by atoms with van der Waals surface area (Å²) < 4.78 is 10.7. The molecule has 6 heteroatoms. The van der Waals surface area contributed by atoms with E-state index >= 15 is 0 Å². The van der Waals surface area contributed by atoms with Crippen molar-refractivity contribution in [3.63, 3.8) is 0 Å². The van der Waals surface area contributed by atoms with Crippen LogP contribution in [-0.2, 0) is 16.0 Å². The van der Waals surface area contributed by atoms with E-state index in [1.807, 2.05) is 75.4 Å². The average Bonchev–Trinajstić information content (AvgIpc) is 3.13. The molecule has 1 aliphatic rings. The summed E-state index contributed by atoms with van der Waals surface area (Å²) in [5.41, 5.74) is 5.43. The second-order valence-corrected chi connectivity index (χ2v) is 9.15. The van der Waals surface area contributed by atoms with E-state index in [2.05, 4.69) is 0 Å². The van der Waals surface area contributed by atoms with E-state index in [0.29, 0.717) is 30.0 Å². The minimum Gasteiger partial charge on any atom is -0.507 e. The van der Waals surface area contributed by atoms with Crippen LogP contribution in [0.25, 0.3) is 5.76 Å². The highest BCUT2D eigenvalue weighted by Crippen LogP contribution is 2.40. The van der Waals surface area contributed by atoms with E-state index in [0.717, 1.165) is 27.8 Å². The molecule has 1 fully saturated rings. The molecule has 4 rings (SSSR count). The van der Waals surface area contributed by atoms with E-state index in [4.69, 9.17) is 9.47 Å². The number of Topliss-reactive ketones (excluding diaryl/α,β-unsaturated/α-hetero) is 1. The SMILES string of the molecule is COc1ccc(CCN2C(=O)C(=O)/C(=C(\O)c3ccc(C)c(C)c3)C2c2cccc(C)c2)cc1OC. The predicted molar refractivity (Wildman–Crippen MR) is 139 cm³/mol. The maximum atomic E-state index is 13.3. The quantitative estimate of drug-likeness (QED) is 0.279. The number of nitrogens with zero attached hydrogens (tertiary/aromatic N) is 1. The van der Waals surface area contributed by atoms with Crippen LogP contribution in [0.15, 0.2) is 66.2 Å². The molecule has 0 bridgehead atoms. The Hall–Kier alpha value is -4.06. The molecule has 0 aliphatic carbocycles. The number of carbonyl (C=O) groups excluding carboxylic acids is 2. The van der Waals surface area contributed by atoms with Gasteiger partial charge in [-0.15, -0.1) is 0 Å². The van der Waals surface area contributed by atoms with Gasteiger partial charge in [0, 0.05) is 12.1 Å². The Morgan fingerprint density at radius 3 is 2.31 bits per heavy atom. The largest absolute Gasteiger partial charge is 0.507 e. The summed E-state index contributed by atoms with van der Waals surface area (Å²) in [5.74, 6) is -0.231. The third kappa shape index (κ3) is 4.71. The average molecular weight is 486 g/mol. The molecule has 1 heterocycles. The first kappa shape index (κ1) is 25.0. The van der Waals surface area contributed by atoms with Crippen LogP contribution in [0.3, 0.4) is 0 Å². The number of hydrogen-bond donors (Lipinski definition) is 1. The third-order valence-electron chi connectivity index (χ3n) is 6.77. The van der Waals surface area contributed by atoms with Crippen LogP contribution in [0.5, 0.6) is 11.5 Å². The van der Waals surface area contributed by atoms with Crippen molar-refractivity contribution in [3.05, 3.63) is 99.6 Å². The van der Waals surface area contributed by atoms with Gasteiger partial charge in [0.15, 0.2) is 11.5 Å². The lowest BCUT2D eigenvalue weighted by Crippen LogP contribution is -2.31. The molecular weight excluding hydrogens is 454 g/mol. The van der Waals surface area contributed by atoms with Gasteiger partial charge < -0.3 is 19.5 Å². The second-order valence-electron chi connectivity index (χ2n) is 9.15. The number of amides is 1. The van der Waals surface area contributed by atoms with Crippen molar-refractivity contribution in [2.75, 3.05) is 20.8 Å². The Morgan fingerprint density at radius 2 is 1.64 bits per heavy atom. The molecule has 1 unspecified atom stereocenters. The summed E-state index contributed by atoms with van der Waals surface area (Å²) in [6.07, 6.45) is 0.499. The number of benzene rings is 3. The number of ether oxygens (including phenoxy) is 2. The first-order chi connectivity index (χ1) is 17.2. The molecule has 3 aromatic carbocycles. The Bertz CT molecular complexity index is 1360. The highest BCUT2D eigenvalue weighted by Gasteiger charge is 2.45. The lowest BCUT2D eigenvalue weighted by Gasteiger charge is -2.26. The van der Waals surface area contributed by atoms with Crippen LogP contribution >= 0.6 is 0 Å². The molecule has 0 saturated carbocycles. The van der Waals surface area contributed by atoms with Gasteiger partial charge in [-0.25, -0.2) is 0 Å². The van der Waals surface area contributed by atoms with E-state index in [9.17, 15) is 14.7 Å². The van der Waals surface area contributed by atoms with Gasteiger partial charge in [-0.2, -0.15) is 0 Å². The molecule has 0 aromatic heterocycles. The molecule has 6 nitrogen and oxygen atoms in total. The topological polar surface area (TPSA) is 76.1 Å². The maximum Gasteiger partial charge on any atom is 0.295 e. The smallest absolute Gasteiger partial charge is 0.295 e. The van der Waals surface area contributed by atoms with Crippen molar-refractivity contribution in [2.24, 2.45) is 0 Å². The summed E-state index contributed by atoms with van der Waals surface area (Å²) in [7, 11) is 3.15. The standard InChI is InChI=1S/C30H31NO5/c1-18-7-6-8-22(15-18)27-26(28(32)23-11-9-19(2)20(3)16-23)29(33)30(34)31(27)14-13-21-10-12-24(35-4)25(17-21)36-5/h6-12,15-17,27,32H,13-14H2,1-5H3/b28-26-. The van der Waals surface area contributed by atoms with Crippen molar-refractivity contribution in [1.29, 1.82) is 0 Å². The zero-order valence-corrected chi connectivity index (χ0v) is 21.3. The number of likely N-dealkylation sites (tertiary alicyclic amines) is 1. The van der Waals surface area contributed by atoms with Gasteiger partial charge in [0.25, 0.3) is 11.7 Å². The van der Waals surface area contributed by atoms with Gasteiger partial charge in [-0.05, 0) is 67.6 Å². The summed E-state index contributed by atoms with van der Waals surface area (Å²) in [4.78, 5) is 28.1. The van der Waals surface area contributed by atoms with Crippen LogP contribution < -0.4 is 9.47 Å². The highest BCUT2D eigenvalue weighted by atomic mass is 16.5. The summed E-state index contributed by atoms with van der Waals surface area (Å²) in [6.45, 7) is 6.19. The number of hydrogen-bond acceptors (Lipinski definition) is 5. The number of carbonyl (C=O) groups is 2. The van der Waals surface area contributed by atoms with E-state index in [1.165, 1.54) is 0 Å². The van der Waals surface area contributed by atoms with Gasteiger partial charge in [0.05, 0.1) is 25.8 Å². The third-order valence-corrected chi connectivity index (χ3v) is 6.77. The first-order valence-electron chi connectivity index (χ1n) is 11.9. The molecule has 1 saturated heterocycles. The number of aryl methyl sites for hydroxylation is 3. The van der Waals surface area contributed by atoms with Crippen molar-refractivity contribution in [1.82, 2.24) is 4.90 Å². The minimum atomic E-state index is -0.688. The van der Waals surface area contributed by atoms with Crippen LogP contribution in [0.4, 0.5) is 0 Å². The van der Waals surface area contributed by atoms with Gasteiger partial charge in [0.1, 0.15) is 5.76 Å². The van der Waals surface area contributed by atoms with Crippen molar-refractivity contribution in [3.8, 4) is 11.5 Å². The maximum absolute atomic E-state index is 13.3. The van der Waals surface area contributed by atoms with Crippen molar-refractivity contribution in [2.45, 2.75) is 33.2 Å². The van der Waals surface area contributed by atoms with E-state index in [1.54, 1.807) is 25.2 Å². The zero-order valence-electron chi connectivity index (χ0n) is 21.3. The van der Waals surface area contributed by atoms with Crippen LogP contribution in [-0.4, -0.2) is 42.5 Å².